The molecule has 0 radical (unpaired) electrons. The number of likely N-dealkylation sites (tertiary alicyclic amines) is 1. The molecule has 2 amide bonds. The zero-order chi connectivity index (χ0) is 23.3. The molecule has 1 atom stereocenters. The van der Waals surface area contributed by atoms with Crippen LogP contribution >= 0.6 is 12.4 Å². The maximum Gasteiger partial charge on any atom is 0.305 e. The van der Waals surface area contributed by atoms with Gasteiger partial charge in [0.25, 0.3) is 11.8 Å². The number of aryl methyl sites for hydroxylation is 1. The molecule has 9 heteroatoms. The van der Waals surface area contributed by atoms with Crippen LogP contribution in [-0.2, 0) is 11.2 Å². The number of hydrogen-bond donors (Lipinski definition) is 4. The predicted molar refractivity (Wildman–Crippen MR) is 128 cm³/mol. The van der Waals surface area contributed by atoms with Gasteiger partial charge in [-0.15, -0.1) is 12.4 Å². The number of nitrogens with zero attached hydrogens (tertiary/aromatic N) is 1. The van der Waals surface area contributed by atoms with Crippen molar-refractivity contribution in [3.8, 4) is 0 Å². The molecule has 0 saturated carbocycles. The van der Waals surface area contributed by atoms with E-state index in [1.54, 1.807) is 42.5 Å². The predicted octanol–water partition coefficient (Wildman–Crippen LogP) is 3.14. The summed E-state index contributed by atoms with van der Waals surface area (Å²) in [5.41, 5.74) is 8.28. The first-order valence-corrected chi connectivity index (χ1v) is 10.7. The first kappa shape index (κ1) is 25.9. The van der Waals surface area contributed by atoms with Gasteiger partial charge in [-0.05, 0) is 54.7 Å². The van der Waals surface area contributed by atoms with E-state index in [1.165, 1.54) is 0 Å². The lowest BCUT2D eigenvalue weighted by atomic mass is 9.98. The Hall–Kier alpha value is -3.39. The van der Waals surface area contributed by atoms with E-state index >= 15 is 0 Å². The summed E-state index contributed by atoms with van der Waals surface area (Å²) in [5, 5.41) is 19.7. The standard InChI is InChI=1S/C24H28N4O4.ClH/c1-2-15-12-18(8-9-19(15)24(32)28-10-3-4-11-28)23(31)27-20(14-21(29)30)16-6-5-7-17(13-16)22(25)26;/h5-9,12-13,20H,2-4,10-11,14H2,1H3,(H3,25,26)(H,27,31)(H,29,30);1H. The molecule has 3 rings (SSSR count). The van der Waals surface area contributed by atoms with Crippen LogP contribution in [0.25, 0.3) is 0 Å². The molecule has 1 aliphatic rings. The fourth-order valence-electron chi connectivity index (χ4n) is 3.92. The van der Waals surface area contributed by atoms with E-state index < -0.39 is 17.9 Å². The van der Waals surface area contributed by atoms with Gasteiger partial charge in [-0.3, -0.25) is 19.8 Å². The average Bonchev–Trinajstić information content (AvgIpc) is 3.32. The Bertz CT molecular complexity index is 1050. The molecule has 5 N–H and O–H groups in total. The Morgan fingerprint density at radius 1 is 1.12 bits per heavy atom. The molecule has 0 bridgehead atoms. The van der Waals surface area contributed by atoms with Crippen molar-refractivity contribution in [3.63, 3.8) is 0 Å². The molecule has 8 nitrogen and oxygen atoms in total. The third-order valence-corrected chi connectivity index (χ3v) is 5.66. The van der Waals surface area contributed by atoms with Crippen molar-refractivity contribution in [3.05, 3.63) is 70.3 Å². The molecule has 1 aliphatic heterocycles. The van der Waals surface area contributed by atoms with Gasteiger partial charge in [-0.1, -0.05) is 25.1 Å². The Morgan fingerprint density at radius 2 is 1.82 bits per heavy atom. The maximum absolute atomic E-state index is 13.0. The topological polar surface area (TPSA) is 137 Å². The highest BCUT2D eigenvalue weighted by Gasteiger charge is 2.24. The quantitative estimate of drug-likeness (QED) is 0.345. The van der Waals surface area contributed by atoms with Gasteiger partial charge in [0.1, 0.15) is 5.84 Å². The Balaban J connectivity index is 0.00000385. The van der Waals surface area contributed by atoms with Crippen LogP contribution in [0.3, 0.4) is 0 Å². The van der Waals surface area contributed by atoms with Gasteiger partial charge in [0.05, 0.1) is 12.5 Å². The maximum atomic E-state index is 13.0. The van der Waals surface area contributed by atoms with Crippen molar-refractivity contribution in [1.29, 1.82) is 5.41 Å². The van der Waals surface area contributed by atoms with Crippen molar-refractivity contribution >= 4 is 36.0 Å². The average molecular weight is 473 g/mol. The van der Waals surface area contributed by atoms with Crippen molar-refractivity contribution in [1.82, 2.24) is 10.2 Å². The lowest BCUT2D eigenvalue weighted by molar-refractivity contribution is -0.137. The molecule has 0 aromatic heterocycles. The highest BCUT2D eigenvalue weighted by molar-refractivity contribution is 5.99. The normalized spacial score (nSPS) is 13.7. The molecular weight excluding hydrogens is 444 g/mol. The van der Waals surface area contributed by atoms with Gasteiger partial charge in [0, 0.05) is 29.8 Å². The third kappa shape index (κ3) is 6.32. The summed E-state index contributed by atoms with van der Waals surface area (Å²) in [6, 6.07) is 10.8. The van der Waals surface area contributed by atoms with Crippen molar-refractivity contribution in [2.24, 2.45) is 5.73 Å². The van der Waals surface area contributed by atoms with Crippen LogP contribution in [0, 0.1) is 5.41 Å². The summed E-state index contributed by atoms with van der Waals surface area (Å²) in [4.78, 5) is 39.0. The van der Waals surface area contributed by atoms with E-state index in [2.05, 4.69) is 5.32 Å². The fraction of sp³-hybridized carbons (Fsp3) is 0.333. The van der Waals surface area contributed by atoms with Crippen molar-refractivity contribution in [2.45, 2.75) is 38.6 Å². The monoisotopic (exact) mass is 472 g/mol. The lowest BCUT2D eigenvalue weighted by Crippen LogP contribution is -2.31. The Kier molecular flexibility index (Phi) is 8.99. The number of hydrogen-bond acceptors (Lipinski definition) is 4. The van der Waals surface area contributed by atoms with Gasteiger partial charge in [0.15, 0.2) is 0 Å². The van der Waals surface area contributed by atoms with Crippen LogP contribution < -0.4 is 11.1 Å². The van der Waals surface area contributed by atoms with Gasteiger partial charge in [-0.2, -0.15) is 0 Å². The second kappa shape index (κ2) is 11.5. The summed E-state index contributed by atoms with van der Waals surface area (Å²) in [5.74, 6) is -1.65. The van der Waals surface area contributed by atoms with Crippen LogP contribution in [0.2, 0.25) is 0 Å². The van der Waals surface area contributed by atoms with Gasteiger partial charge < -0.3 is 21.1 Å². The van der Waals surface area contributed by atoms with Crippen LogP contribution in [0.4, 0.5) is 0 Å². The SMILES string of the molecule is CCc1cc(C(=O)NC(CC(=O)O)c2cccc(C(=N)N)c2)ccc1C(=O)N1CCCC1.Cl. The fourth-order valence-corrected chi connectivity index (χ4v) is 3.92. The van der Waals surface area contributed by atoms with E-state index in [4.69, 9.17) is 11.1 Å². The van der Waals surface area contributed by atoms with Crippen LogP contribution in [0.5, 0.6) is 0 Å². The molecule has 2 aromatic carbocycles. The van der Waals surface area contributed by atoms with Gasteiger partial charge in [0.2, 0.25) is 0 Å². The first-order chi connectivity index (χ1) is 15.3. The smallest absolute Gasteiger partial charge is 0.305 e. The molecule has 0 spiro atoms. The van der Waals surface area contributed by atoms with Crippen LogP contribution in [-0.4, -0.2) is 46.7 Å². The summed E-state index contributed by atoms with van der Waals surface area (Å²) in [6.45, 7) is 3.43. The van der Waals surface area contributed by atoms with Gasteiger partial charge >= 0.3 is 5.97 Å². The number of aliphatic carboxylic acids is 1. The Morgan fingerprint density at radius 3 is 2.42 bits per heavy atom. The number of amidine groups is 1. The van der Waals surface area contributed by atoms with E-state index in [9.17, 15) is 19.5 Å². The summed E-state index contributed by atoms with van der Waals surface area (Å²) < 4.78 is 0. The number of halogens is 1. The second-order valence-electron chi connectivity index (χ2n) is 7.89. The number of benzene rings is 2. The lowest BCUT2D eigenvalue weighted by Gasteiger charge is -2.20. The summed E-state index contributed by atoms with van der Waals surface area (Å²) in [7, 11) is 0. The number of nitrogen functional groups attached to an aromatic ring is 1. The number of amides is 2. The summed E-state index contributed by atoms with van der Waals surface area (Å²) >= 11 is 0. The minimum Gasteiger partial charge on any atom is -0.481 e. The molecule has 176 valence electrons. The molecule has 1 heterocycles. The van der Waals surface area contributed by atoms with Gasteiger partial charge in [-0.25, -0.2) is 0 Å². The number of carboxylic acid groups (broad SMARTS) is 1. The highest BCUT2D eigenvalue weighted by Crippen LogP contribution is 2.22. The largest absolute Gasteiger partial charge is 0.481 e. The number of nitrogens with two attached hydrogens (primary N) is 1. The number of carboxylic acids is 1. The number of nitrogens with one attached hydrogen (secondary N) is 2. The minimum atomic E-state index is -1.07. The molecule has 1 saturated heterocycles. The third-order valence-electron chi connectivity index (χ3n) is 5.66. The zero-order valence-electron chi connectivity index (χ0n) is 18.5. The first-order valence-electron chi connectivity index (χ1n) is 10.7. The van der Waals surface area contributed by atoms with Crippen LogP contribution in [0.1, 0.15) is 69.6 Å². The van der Waals surface area contributed by atoms with E-state index in [0.717, 1.165) is 31.5 Å². The number of carbonyl (C=O) groups excluding carboxylic acids is 2. The summed E-state index contributed by atoms with van der Waals surface area (Å²) in [6.07, 6.45) is 2.28. The molecular formula is C24H29ClN4O4. The number of rotatable bonds is 8. The zero-order valence-corrected chi connectivity index (χ0v) is 19.3. The minimum absolute atomic E-state index is 0. The number of carbonyl (C=O) groups is 3. The van der Waals surface area contributed by atoms with Crippen molar-refractivity contribution < 1.29 is 19.5 Å². The molecule has 1 unspecified atom stereocenters. The molecule has 2 aromatic rings. The Labute approximate surface area is 199 Å². The molecule has 1 fully saturated rings. The molecule has 0 aliphatic carbocycles. The van der Waals surface area contributed by atoms with Crippen molar-refractivity contribution in [2.75, 3.05) is 13.1 Å². The highest BCUT2D eigenvalue weighted by atomic mass is 35.5. The van der Waals surface area contributed by atoms with E-state index in [-0.39, 0.29) is 30.6 Å². The second-order valence-corrected chi connectivity index (χ2v) is 7.89. The van der Waals surface area contributed by atoms with E-state index in [0.29, 0.717) is 28.7 Å². The van der Waals surface area contributed by atoms with E-state index in [1.807, 2.05) is 11.8 Å². The molecule has 33 heavy (non-hydrogen) atoms. The van der Waals surface area contributed by atoms with Crippen LogP contribution in [0.15, 0.2) is 42.5 Å².